The van der Waals surface area contributed by atoms with Crippen LogP contribution in [0.2, 0.25) is 0 Å². The third kappa shape index (κ3) is 6.02. The van der Waals surface area contributed by atoms with Crippen molar-refractivity contribution >= 4 is 17.9 Å². The SMILES string of the molecule is C/C=C(/C)C(=O)O[C@H]1[C@H](O)[C@@H](O)[C@H](OC(=O)[C@@H](C)CC)[C@H](OC(=O)[C@@H](C)CC)[C@@H]1O. The van der Waals surface area contributed by atoms with Gasteiger partial charge in [-0.05, 0) is 26.7 Å². The fraction of sp³-hybridized carbons (Fsp3) is 0.762. The molecule has 0 spiro atoms. The van der Waals surface area contributed by atoms with Crippen LogP contribution in [0.15, 0.2) is 11.6 Å². The van der Waals surface area contributed by atoms with Gasteiger partial charge in [-0.2, -0.15) is 0 Å². The molecule has 30 heavy (non-hydrogen) atoms. The van der Waals surface area contributed by atoms with Crippen molar-refractivity contribution < 1.29 is 43.9 Å². The first kappa shape index (κ1) is 26.1. The molecule has 1 fully saturated rings. The summed E-state index contributed by atoms with van der Waals surface area (Å²) in [7, 11) is 0. The fourth-order valence-corrected chi connectivity index (χ4v) is 2.75. The first-order valence-electron chi connectivity index (χ1n) is 10.3. The minimum atomic E-state index is -1.76. The van der Waals surface area contributed by atoms with Gasteiger partial charge in [0, 0.05) is 5.57 Å². The lowest BCUT2D eigenvalue weighted by atomic mass is 9.84. The molecule has 0 radical (unpaired) electrons. The van der Waals surface area contributed by atoms with Crippen LogP contribution in [0.5, 0.6) is 0 Å². The summed E-state index contributed by atoms with van der Waals surface area (Å²) in [6.07, 6.45) is -7.46. The summed E-state index contributed by atoms with van der Waals surface area (Å²) in [4.78, 5) is 36.7. The second kappa shape index (κ2) is 11.4. The summed E-state index contributed by atoms with van der Waals surface area (Å²) in [5.74, 6) is -3.19. The summed E-state index contributed by atoms with van der Waals surface area (Å²) in [6.45, 7) is 9.88. The number of hydrogen-bond acceptors (Lipinski definition) is 9. The Kier molecular flexibility index (Phi) is 9.93. The van der Waals surface area contributed by atoms with E-state index in [1.54, 1.807) is 34.6 Å². The Morgan fingerprint density at radius 3 is 1.60 bits per heavy atom. The van der Waals surface area contributed by atoms with E-state index in [9.17, 15) is 29.7 Å². The average molecular weight is 430 g/mol. The van der Waals surface area contributed by atoms with Gasteiger partial charge in [0.1, 0.15) is 18.3 Å². The van der Waals surface area contributed by atoms with Crippen molar-refractivity contribution in [1.29, 1.82) is 0 Å². The lowest BCUT2D eigenvalue weighted by Gasteiger charge is -2.44. The Morgan fingerprint density at radius 2 is 1.20 bits per heavy atom. The fourth-order valence-electron chi connectivity index (χ4n) is 2.75. The molecular formula is C21H34O9. The van der Waals surface area contributed by atoms with E-state index >= 15 is 0 Å². The molecule has 0 amide bonds. The molecule has 0 aromatic carbocycles. The van der Waals surface area contributed by atoms with E-state index in [1.165, 1.54) is 13.0 Å². The third-order valence-electron chi connectivity index (χ3n) is 5.55. The molecule has 0 unspecified atom stereocenters. The number of aliphatic hydroxyl groups excluding tert-OH is 3. The van der Waals surface area contributed by atoms with Gasteiger partial charge in [-0.3, -0.25) is 9.59 Å². The number of rotatable bonds is 8. The molecule has 0 bridgehead atoms. The highest BCUT2D eigenvalue weighted by Gasteiger charge is 2.55. The quantitative estimate of drug-likeness (QED) is 0.291. The summed E-state index contributed by atoms with van der Waals surface area (Å²) in [6, 6.07) is 0. The molecule has 0 aromatic rings. The Morgan fingerprint density at radius 1 is 0.800 bits per heavy atom. The lowest BCUT2D eigenvalue weighted by molar-refractivity contribution is -0.248. The van der Waals surface area contributed by atoms with Crippen LogP contribution in [0, 0.1) is 11.8 Å². The zero-order chi connectivity index (χ0) is 23.2. The molecule has 1 aliphatic rings. The van der Waals surface area contributed by atoms with E-state index in [0.717, 1.165) is 0 Å². The van der Waals surface area contributed by atoms with Gasteiger partial charge in [0.2, 0.25) is 0 Å². The van der Waals surface area contributed by atoms with Crippen molar-refractivity contribution in [3.63, 3.8) is 0 Å². The average Bonchev–Trinajstić information content (AvgIpc) is 2.74. The van der Waals surface area contributed by atoms with Crippen LogP contribution >= 0.6 is 0 Å². The van der Waals surface area contributed by atoms with Crippen LogP contribution in [0.3, 0.4) is 0 Å². The number of allylic oxidation sites excluding steroid dienone is 1. The van der Waals surface area contributed by atoms with E-state index in [-0.39, 0.29) is 5.57 Å². The molecule has 8 atom stereocenters. The van der Waals surface area contributed by atoms with Gasteiger partial charge in [-0.1, -0.05) is 33.8 Å². The van der Waals surface area contributed by atoms with Crippen molar-refractivity contribution in [2.75, 3.05) is 0 Å². The molecule has 1 aliphatic carbocycles. The Balaban J connectivity index is 3.22. The van der Waals surface area contributed by atoms with E-state index in [0.29, 0.717) is 12.8 Å². The topological polar surface area (TPSA) is 140 Å². The van der Waals surface area contributed by atoms with Gasteiger partial charge < -0.3 is 29.5 Å². The van der Waals surface area contributed by atoms with Crippen LogP contribution in [0.1, 0.15) is 54.4 Å². The first-order valence-corrected chi connectivity index (χ1v) is 10.3. The summed E-state index contributed by atoms with van der Waals surface area (Å²) < 4.78 is 15.8. The molecule has 172 valence electrons. The molecule has 0 aliphatic heterocycles. The number of aliphatic hydroxyl groups is 3. The van der Waals surface area contributed by atoms with Crippen molar-refractivity contribution in [1.82, 2.24) is 0 Å². The van der Waals surface area contributed by atoms with Gasteiger partial charge in [0.05, 0.1) is 11.8 Å². The van der Waals surface area contributed by atoms with Crippen molar-refractivity contribution in [2.24, 2.45) is 11.8 Å². The van der Waals surface area contributed by atoms with Gasteiger partial charge in [-0.25, -0.2) is 4.79 Å². The maximum Gasteiger partial charge on any atom is 0.333 e. The molecule has 9 heteroatoms. The Hall–Kier alpha value is -1.97. The summed E-state index contributed by atoms with van der Waals surface area (Å²) >= 11 is 0. The minimum absolute atomic E-state index is 0.224. The molecule has 0 aromatic heterocycles. The highest BCUT2D eigenvalue weighted by atomic mass is 16.6. The molecule has 9 nitrogen and oxygen atoms in total. The molecular weight excluding hydrogens is 396 g/mol. The number of hydrogen-bond donors (Lipinski definition) is 3. The smallest absolute Gasteiger partial charge is 0.333 e. The van der Waals surface area contributed by atoms with Gasteiger partial charge in [0.15, 0.2) is 18.3 Å². The van der Waals surface area contributed by atoms with Crippen molar-refractivity contribution in [3.05, 3.63) is 11.6 Å². The van der Waals surface area contributed by atoms with Crippen LogP contribution in [-0.2, 0) is 28.6 Å². The van der Waals surface area contributed by atoms with Crippen LogP contribution < -0.4 is 0 Å². The second-order valence-electron chi connectivity index (χ2n) is 7.73. The second-order valence-corrected chi connectivity index (χ2v) is 7.73. The normalized spacial score (nSPS) is 31.4. The van der Waals surface area contributed by atoms with Gasteiger partial charge in [-0.15, -0.1) is 0 Å². The number of carbonyl (C=O) groups excluding carboxylic acids is 3. The molecule has 1 rings (SSSR count). The zero-order valence-electron chi connectivity index (χ0n) is 18.4. The Bertz CT molecular complexity index is 644. The van der Waals surface area contributed by atoms with Gasteiger partial charge >= 0.3 is 17.9 Å². The predicted octanol–water partition coefficient (Wildman–Crippen LogP) is 0.876. The maximum atomic E-state index is 12.3. The van der Waals surface area contributed by atoms with E-state index in [4.69, 9.17) is 14.2 Å². The van der Waals surface area contributed by atoms with Crippen LogP contribution in [-0.4, -0.2) is 69.9 Å². The lowest BCUT2D eigenvalue weighted by Crippen LogP contribution is -2.66. The van der Waals surface area contributed by atoms with E-state index in [2.05, 4.69) is 0 Å². The zero-order valence-corrected chi connectivity index (χ0v) is 18.4. The summed E-state index contributed by atoms with van der Waals surface area (Å²) in [5.41, 5.74) is 0.224. The Labute approximate surface area is 177 Å². The standard InChI is InChI=1S/C21H34O9/c1-7-10(4)19(25)28-16-13(22)14(23)17(29-20(26)11(5)8-2)18(15(16)24)30-21(27)12(6)9-3/h7,11-18,22-24H,8-9H2,1-6H3/b10-7-/t11-,12-,13+,14+,15+,16-,17-,18+/m0/s1. The molecule has 1 saturated carbocycles. The van der Waals surface area contributed by atoms with Crippen LogP contribution in [0.4, 0.5) is 0 Å². The maximum absolute atomic E-state index is 12.3. The van der Waals surface area contributed by atoms with Crippen molar-refractivity contribution in [3.8, 4) is 0 Å². The van der Waals surface area contributed by atoms with Gasteiger partial charge in [0.25, 0.3) is 0 Å². The number of carbonyl (C=O) groups is 3. The van der Waals surface area contributed by atoms with E-state index in [1.807, 2.05) is 0 Å². The number of ether oxygens (including phenoxy) is 3. The molecule has 0 saturated heterocycles. The number of esters is 3. The van der Waals surface area contributed by atoms with E-state index < -0.39 is 66.4 Å². The largest absolute Gasteiger partial charge is 0.455 e. The highest BCUT2D eigenvalue weighted by Crippen LogP contribution is 2.30. The first-order chi connectivity index (χ1) is 14.0. The summed E-state index contributed by atoms with van der Waals surface area (Å²) in [5, 5.41) is 31.8. The predicted molar refractivity (Wildman–Crippen MR) is 106 cm³/mol. The minimum Gasteiger partial charge on any atom is -0.455 e. The van der Waals surface area contributed by atoms with Crippen LogP contribution in [0.25, 0.3) is 0 Å². The molecule has 3 N–H and O–H groups in total. The third-order valence-corrected chi connectivity index (χ3v) is 5.55. The highest BCUT2D eigenvalue weighted by molar-refractivity contribution is 5.87. The monoisotopic (exact) mass is 430 g/mol. The molecule has 0 heterocycles. The van der Waals surface area contributed by atoms with Crippen molar-refractivity contribution in [2.45, 2.75) is 91.0 Å².